The topological polar surface area (TPSA) is 80.9 Å². The molecule has 0 unspecified atom stereocenters. The zero-order valence-electron chi connectivity index (χ0n) is 15.8. The van der Waals surface area contributed by atoms with Crippen LogP contribution in [0.25, 0.3) is 32.6 Å². The lowest BCUT2D eigenvalue weighted by atomic mass is 10.1. The monoisotopic (exact) mass is 400 g/mol. The first-order chi connectivity index (χ1) is 14.1. The molecule has 1 N–H and O–H groups in total. The zero-order valence-corrected chi connectivity index (χ0v) is 16.6. The third kappa shape index (κ3) is 3.05. The number of aromatic nitrogens is 3. The van der Waals surface area contributed by atoms with Gasteiger partial charge in [0, 0.05) is 16.5 Å². The number of nitrogens with zero attached hydrogens (tertiary/aromatic N) is 3. The minimum atomic E-state index is -0.253. The molecular formula is C22H16N4O2S. The first kappa shape index (κ1) is 17.5. The molecule has 0 atom stereocenters. The van der Waals surface area contributed by atoms with Gasteiger partial charge in [-0.1, -0.05) is 23.4 Å². The smallest absolute Gasteiger partial charge is 0.259 e. The number of nitrogens with one attached hydrogen (secondary N) is 1. The molecular weight excluding hydrogens is 384 g/mol. The van der Waals surface area contributed by atoms with Crippen LogP contribution < -0.4 is 5.32 Å². The van der Waals surface area contributed by atoms with E-state index in [1.165, 1.54) is 4.88 Å². The van der Waals surface area contributed by atoms with Gasteiger partial charge in [-0.15, -0.1) is 11.3 Å². The zero-order chi connectivity index (χ0) is 20.0. The van der Waals surface area contributed by atoms with Gasteiger partial charge in [0.25, 0.3) is 11.6 Å². The van der Waals surface area contributed by atoms with Crippen LogP contribution in [0.5, 0.6) is 0 Å². The van der Waals surface area contributed by atoms with Crippen molar-refractivity contribution in [3.05, 3.63) is 70.9 Å². The van der Waals surface area contributed by atoms with Crippen LogP contribution in [0.2, 0.25) is 0 Å². The molecule has 0 aliphatic rings. The van der Waals surface area contributed by atoms with E-state index >= 15 is 0 Å². The van der Waals surface area contributed by atoms with Crippen LogP contribution in [0.1, 0.15) is 20.9 Å². The Kier molecular flexibility index (Phi) is 4.10. The van der Waals surface area contributed by atoms with E-state index in [9.17, 15) is 4.79 Å². The van der Waals surface area contributed by atoms with Gasteiger partial charge in [-0.2, -0.15) is 0 Å². The number of hydrogen-bond acceptors (Lipinski definition) is 6. The summed E-state index contributed by atoms with van der Waals surface area (Å²) >= 11 is 1.62. The van der Waals surface area contributed by atoms with Crippen LogP contribution in [0.4, 0.5) is 5.69 Å². The van der Waals surface area contributed by atoms with E-state index in [4.69, 9.17) is 4.52 Å². The maximum absolute atomic E-state index is 13.3. The minimum absolute atomic E-state index is 0.253. The van der Waals surface area contributed by atoms with Gasteiger partial charge in [-0.3, -0.25) is 9.78 Å². The van der Waals surface area contributed by atoms with E-state index in [1.54, 1.807) is 30.5 Å². The summed E-state index contributed by atoms with van der Waals surface area (Å²) in [5.74, 6) is -0.253. The number of thiophene rings is 1. The fourth-order valence-corrected chi connectivity index (χ4v) is 4.20. The van der Waals surface area contributed by atoms with Gasteiger partial charge >= 0.3 is 0 Å². The van der Waals surface area contributed by atoms with Crippen molar-refractivity contribution in [3.8, 4) is 10.6 Å². The fraction of sp³-hybridized carbons (Fsp3) is 0.0909. The molecule has 0 aliphatic heterocycles. The van der Waals surface area contributed by atoms with Gasteiger partial charge in [-0.25, -0.2) is 4.98 Å². The molecule has 0 radical (unpaired) electrons. The van der Waals surface area contributed by atoms with E-state index in [2.05, 4.69) is 20.4 Å². The second-order valence-electron chi connectivity index (χ2n) is 6.75. The summed E-state index contributed by atoms with van der Waals surface area (Å²) in [6.45, 7) is 3.84. The molecule has 0 spiro atoms. The van der Waals surface area contributed by atoms with Crippen molar-refractivity contribution in [2.45, 2.75) is 13.8 Å². The Morgan fingerprint density at radius 1 is 1.10 bits per heavy atom. The highest BCUT2D eigenvalue weighted by atomic mass is 32.1. The van der Waals surface area contributed by atoms with Gasteiger partial charge in [-0.05, 0) is 44.2 Å². The Balaban J connectivity index is 1.63. The van der Waals surface area contributed by atoms with Crippen molar-refractivity contribution in [1.29, 1.82) is 0 Å². The first-order valence-corrected chi connectivity index (χ1v) is 9.91. The van der Waals surface area contributed by atoms with E-state index in [0.29, 0.717) is 33.7 Å². The third-order valence-corrected chi connectivity index (χ3v) is 5.76. The predicted molar refractivity (Wildman–Crippen MR) is 114 cm³/mol. The van der Waals surface area contributed by atoms with Gasteiger partial charge in [0.1, 0.15) is 0 Å². The van der Waals surface area contributed by atoms with Crippen LogP contribution in [-0.2, 0) is 0 Å². The summed E-state index contributed by atoms with van der Waals surface area (Å²) in [5.41, 5.74) is 3.54. The van der Waals surface area contributed by atoms with Crippen molar-refractivity contribution in [2.24, 2.45) is 0 Å². The van der Waals surface area contributed by atoms with E-state index < -0.39 is 0 Å². The number of carbonyl (C=O) groups is 1. The number of carbonyl (C=O) groups excluding carboxylic acids is 1. The van der Waals surface area contributed by atoms with Crippen molar-refractivity contribution in [2.75, 3.05) is 5.32 Å². The second kappa shape index (κ2) is 6.79. The summed E-state index contributed by atoms with van der Waals surface area (Å²) in [5, 5.41) is 8.59. The SMILES string of the molecule is Cc1ccc(-c2cc(C(=O)Nc3cccc4cccnc34)c3c(C)noc3n2)s1. The highest BCUT2D eigenvalue weighted by Gasteiger charge is 2.20. The number of pyridine rings is 2. The van der Waals surface area contributed by atoms with Crippen LogP contribution >= 0.6 is 11.3 Å². The lowest BCUT2D eigenvalue weighted by Crippen LogP contribution is -2.13. The number of hydrogen-bond donors (Lipinski definition) is 1. The van der Waals surface area contributed by atoms with Crippen molar-refractivity contribution in [1.82, 2.24) is 15.1 Å². The molecule has 0 aliphatic carbocycles. The Morgan fingerprint density at radius 2 is 1.97 bits per heavy atom. The molecule has 4 heterocycles. The predicted octanol–water partition coefficient (Wildman–Crippen LogP) is 5.37. The van der Waals surface area contributed by atoms with Crippen molar-refractivity contribution < 1.29 is 9.32 Å². The molecule has 29 heavy (non-hydrogen) atoms. The van der Waals surface area contributed by atoms with Crippen LogP contribution in [0.3, 0.4) is 0 Å². The van der Waals surface area contributed by atoms with Gasteiger partial charge in [0.05, 0.1) is 38.4 Å². The summed E-state index contributed by atoms with van der Waals surface area (Å²) in [6.07, 6.45) is 1.71. The second-order valence-corrected chi connectivity index (χ2v) is 8.04. The number of aryl methyl sites for hydroxylation is 2. The number of para-hydroxylation sites is 1. The molecule has 5 rings (SSSR count). The molecule has 142 valence electrons. The molecule has 7 heteroatoms. The van der Waals surface area contributed by atoms with E-state index in [0.717, 1.165) is 15.8 Å². The van der Waals surface area contributed by atoms with Crippen LogP contribution in [-0.4, -0.2) is 21.0 Å². The molecule has 5 aromatic rings. The van der Waals surface area contributed by atoms with Gasteiger partial charge < -0.3 is 9.84 Å². The molecule has 0 saturated heterocycles. The van der Waals surface area contributed by atoms with Crippen molar-refractivity contribution in [3.63, 3.8) is 0 Å². The average Bonchev–Trinajstić information content (AvgIpc) is 3.33. The Bertz CT molecular complexity index is 1380. The molecule has 0 saturated carbocycles. The molecule has 6 nitrogen and oxygen atoms in total. The van der Waals surface area contributed by atoms with E-state index in [-0.39, 0.29) is 5.91 Å². The molecule has 1 amide bonds. The highest BCUT2D eigenvalue weighted by molar-refractivity contribution is 7.15. The van der Waals surface area contributed by atoms with Gasteiger partial charge in [0.15, 0.2) is 0 Å². The number of fused-ring (bicyclic) bond motifs is 2. The quantitative estimate of drug-likeness (QED) is 0.440. The normalized spacial score (nSPS) is 11.2. The number of anilines is 1. The Labute approximate surface area is 170 Å². The maximum Gasteiger partial charge on any atom is 0.259 e. The largest absolute Gasteiger partial charge is 0.335 e. The first-order valence-electron chi connectivity index (χ1n) is 9.09. The lowest BCUT2D eigenvalue weighted by molar-refractivity contribution is 0.102. The van der Waals surface area contributed by atoms with E-state index in [1.807, 2.05) is 49.4 Å². The van der Waals surface area contributed by atoms with Crippen LogP contribution in [0, 0.1) is 13.8 Å². The Hall–Kier alpha value is -3.58. The molecule has 1 aromatic carbocycles. The maximum atomic E-state index is 13.3. The average molecular weight is 400 g/mol. The molecule has 0 bridgehead atoms. The Morgan fingerprint density at radius 3 is 2.79 bits per heavy atom. The molecule has 4 aromatic heterocycles. The summed E-state index contributed by atoms with van der Waals surface area (Å²) in [4.78, 5) is 24.4. The van der Waals surface area contributed by atoms with Crippen molar-refractivity contribution >= 4 is 44.9 Å². The fourth-order valence-electron chi connectivity index (χ4n) is 3.37. The van der Waals surface area contributed by atoms with Crippen LogP contribution in [0.15, 0.2) is 59.3 Å². The highest BCUT2D eigenvalue weighted by Crippen LogP contribution is 2.31. The third-order valence-electron chi connectivity index (χ3n) is 4.74. The molecule has 0 fully saturated rings. The summed E-state index contributed by atoms with van der Waals surface area (Å²) in [6, 6.07) is 15.4. The standard InChI is InChI=1S/C22H16N4O2S/c1-12-8-9-18(29-12)17-11-15(19-13(2)26-28-22(19)25-17)21(27)24-16-7-3-5-14-6-4-10-23-20(14)16/h3-11H,1-2H3,(H,24,27). The van der Waals surface area contributed by atoms with Gasteiger partial charge in [0.2, 0.25) is 0 Å². The minimum Gasteiger partial charge on any atom is -0.335 e. The number of rotatable bonds is 3. The number of benzene rings is 1. The lowest BCUT2D eigenvalue weighted by Gasteiger charge is -2.09. The summed E-state index contributed by atoms with van der Waals surface area (Å²) < 4.78 is 5.38. The number of amides is 1. The summed E-state index contributed by atoms with van der Waals surface area (Å²) in [7, 11) is 0.